The van der Waals surface area contributed by atoms with Crippen molar-refractivity contribution in [2.24, 2.45) is 0 Å². The van der Waals surface area contributed by atoms with Gasteiger partial charge >= 0.3 is 5.97 Å². The van der Waals surface area contributed by atoms with Crippen LogP contribution in [-0.2, 0) is 14.3 Å². The van der Waals surface area contributed by atoms with Crippen LogP contribution in [0.1, 0.15) is 13.3 Å². The number of hydrogen-bond acceptors (Lipinski definition) is 4. The second-order valence-electron chi connectivity index (χ2n) is 3.39. The highest BCUT2D eigenvalue weighted by Crippen LogP contribution is 2.08. The minimum absolute atomic E-state index is 0.113. The number of likely N-dealkylation sites (tertiary alicyclic amines) is 1. The molecule has 1 aliphatic heterocycles. The van der Waals surface area contributed by atoms with Crippen molar-refractivity contribution in [1.82, 2.24) is 10.2 Å². The average Bonchev–Trinajstić information content (AvgIpc) is 2.62. The lowest BCUT2D eigenvalue weighted by Gasteiger charge is -2.15. The zero-order chi connectivity index (χ0) is 10.6. The lowest BCUT2D eigenvalue weighted by molar-refractivity contribution is -0.149. The van der Waals surface area contributed by atoms with Gasteiger partial charge in [0.2, 0.25) is 0 Å². The molecule has 1 fully saturated rings. The summed E-state index contributed by atoms with van der Waals surface area (Å²) in [6, 6.07) is 0.372. The second kappa shape index (κ2) is 4.95. The van der Waals surface area contributed by atoms with Crippen LogP contribution < -0.4 is 5.32 Å². The van der Waals surface area contributed by atoms with Crippen molar-refractivity contribution in [1.29, 1.82) is 0 Å². The van der Waals surface area contributed by atoms with Gasteiger partial charge < -0.3 is 15.0 Å². The van der Waals surface area contributed by atoms with E-state index in [0.717, 1.165) is 13.0 Å². The molecule has 0 aromatic carbocycles. The van der Waals surface area contributed by atoms with Crippen LogP contribution in [0.2, 0.25) is 0 Å². The smallest absolute Gasteiger partial charge is 0.303 e. The molecule has 1 saturated heterocycles. The lowest BCUT2D eigenvalue weighted by atomic mass is 10.3. The van der Waals surface area contributed by atoms with Gasteiger partial charge in [-0.25, -0.2) is 0 Å². The maximum absolute atomic E-state index is 11.4. The van der Waals surface area contributed by atoms with E-state index in [1.54, 1.807) is 4.90 Å². The summed E-state index contributed by atoms with van der Waals surface area (Å²) < 4.78 is 4.63. The first kappa shape index (κ1) is 11.0. The molecule has 1 aliphatic rings. The molecule has 0 radical (unpaired) electrons. The summed E-state index contributed by atoms with van der Waals surface area (Å²) in [4.78, 5) is 23.6. The predicted molar refractivity (Wildman–Crippen MR) is 50.7 cm³/mol. The normalized spacial score (nSPS) is 21.0. The molecular weight excluding hydrogens is 184 g/mol. The van der Waals surface area contributed by atoms with E-state index in [2.05, 4.69) is 10.1 Å². The van der Waals surface area contributed by atoms with E-state index in [-0.39, 0.29) is 12.5 Å². The number of rotatable bonds is 3. The topological polar surface area (TPSA) is 58.6 Å². The Balaban J connectivity index is 2.28. The molecule has 0 aromatic rings. The van der Waals surface area contributed by atoms with Gasteiger partial charge in [0.25, 0.3) is 5.91 Å². The Kier molecular flexibility index (Phi) is 3.88. The number of hydrogen-bond donors (Lipinski definition) is 1. The highest BCUT2D eigenvalue weighted by atomic mass is 16.5. The van der Waals surface area contributed by atoms with Crippen LogP contribution in [0, 0.1) is 0 Å². The molecule has 0 saturated carbocycles. The molecule has 80 valence electrons. The summed E-state index contributed by atoms with van der Waals surface area (Å²) in [7, 11) is 1.88. The number of nitrogens with zero attached hydrogens (tertiary/aromatic N) is 1. The van der Waals surface area contributed by atoms with Crippen molar-refractivity contribution in [2.75, 3.05) is 26.7 Å². The van der Waals surface area contributed by atoms with Crippen LogP contribution in [-0.4, -0.2) is 49.6 Å². The highest BCUT2D eigenvalue weighted by Gasteiger charge is 2.25. The van der Waals surface area contributed by atoms with E-state index >= 15 is 0 Å². The van der Waals surface area contributed by atoms with E-state index in [4.69, 9.17) is 0 Å². The van der Waals surface area contributed by atoms with Crippen LogP contribution >= 0.6 is 0 Å². The van der Waals surface area contributed by atoms with Gasteiger partial charge in [-0.2, -0.15) is 0 Å². The van der Waals surface area contributed by atoms with Gasteiger partial charge in [-0.3, -0.25) is 9.59 Å². The first-order valence-corrected chi connectivity index (χ1v) is 4.72. The molecule has 0 aromatic heterocycles. The Morgan fingerprint density at radius 3 is 2.79 bits per heavy atom. The fourth-order valence-corrected chi connectivity index (χ4v) is 1.48. The molecule has 0 spiro atoms. The molecule has 0 bridgehead atoms. The van der Waals surface area contributed by atoms with E-state index in [1.807, 2.05) is 7.05 Å². The number of carbonyl (C=O) groups excluding carboxylic acids is 2. The number of amides is 1. The Morgan fingerprint density at radius 2 is 2.29 bits per heavy atom. The van der Waals surface area contributed by atoms with Gasteiger partial charge in [0, 0.05) is 26.1 Å². The number of ether oxygens (including phenoxy) is 1. The third-order valence-electron chi connectivity index (χ3n) is 2.35. The van der Waals surface area contributed by atoms with E-state index in [9.17, 15) is 9.59 Å². The van der Waals surface area contributed by atoms with Gasteiger partial charge in [0.1, 0.15) is 0 Å². The van der Waals surface area contributed by atoms with Crippen molar-refractivity contribution in [2.45, 2.75) is 19.4 Å². The minimum atomic E-state index is -0.414. The van der Waals surface area contributed by atoms with Crippen molar-refractivity contribution < 1.29 is 14.3 Å². The van der Waals surface area contributed by atoms with Crippen LogP contribution in [0.3, 0.4) is 0 Å². The van der Waals surface area contributed by atoms with E-state index in [1.165, 1.54) is 6.92 Å². The molecule has 1 amide bonds. The van der Waals surface area contributed by atoms with Gasteiger partial charge in [-0.1, -0.05) is 0 Å². The Hall–Kier alpha value is -1.10. The molecule has 1 heterocycles. The van der Waals surface area contributed by atoms with Crippen molar-refractivity contribution >= 4 is 11.9 Å². The Morgan fingerprint density at radius 1 is 1.57 bits per heavy atom. The van der Waals surface area contributed by atoms with Crippen molar-refractivity contribution in [3.8, 4) is 0 Å². The van der Waals surface area contributed by atoms with Crippen molar-refractivity contribution in [3.05, 3.63) is 0 Å². The maximum atomic E-state index is 11.4. The zero-order valence-electron chi connectivity index (χ0n) is 8.58. The van der Waals surface area contributed by atoms with Crippen LogP contribution in [0.25, 0.3) is 0 Å². The summed E-state index contributed by atoms with van der Waals surface area (Å²) >= 11 is 0. The zero-order valence-corrected chi connectivity index (χ0v) is 8.58. The predicted octanol–water partition coefficient (Wildman–Crippen LogP) is -0.630. The fraction of sp³-hybridized carbons (Fsp3) is 0.778. The molecule has 5 nitrogen and oxygen atoms in total. The number of esters is 1. The third-order valence-corrected chi connectivity index (χ3v) is 2.35. The third kappa shape index (κ3) is 2.99. The lowest BCUT2D eigenvalue weighted by Crippen LogP contribution is -2.35. The Labute approximate surface area is 83.4 Å². The fourth-order valence-electron chi connectivity index (χ4n) is 1.48. The standard InChI is InChI=1S/C9H16N2O3/c1-7(12)14-6-9(13)11-4-3-8(5-11)10-2/h8,10H,3-6H2,1-2H3/t8-/m1/s1. The van der Waals surface area contributed by atoms with Crippen LogP contribution in [0.4, 0.5) is 0 Å². The summed E-state index contributed by atoms with van der Waals surface area (Å²) in [6.45, 7) is 2.61. The molecule has 1 N–H and O–H groups in total. The molecule has 0 unspecified atom stereocenters. The summed E-state index contributed by atoms with van der Waals surface area (Å²) in [6.07, 6.45) is 0.961. The van der Waals surface area contributed by atoms with Gasteiger partial charge in [-0.05, 0) is 13.5 Å². The molecule has 5 heteroatoms. The van der Waals surface area contributed by atoms with E-state index < -0.39 is 5.97 Å². The van der Waals surface area contributed by atoms with Crippen LogP contribution in [0.5, 0.6) is 0 Å². The average molecular weight is 200 g/mol. The first-order chi connectivity index (χ1) is 6.63. The summed E-state index contributed by atoms with van der Waals surface area (Å²) in [5, 5.41) is 3.11. The maximum Gasteiger partial charge on any atom is 0.303 e. The number of likely N-dealkylation sites (N-methyl/N-ethyl adjacent to an activating group) is 1. The van der Waals surface area contributed by atoms with Crippen molar-refractivity contribution in [3.63, 3.8) is 0 Å². The van der Waals surface area contributed by atoms with Crippen LogP contribution in [0.15, 0.2) is 0 Å². The monoisotopic (exact) mass is 200 g/mol. The van der Waals surface area contributed by atoms with Gasteiger partial charge in [0.15, 0.2) is 6.61 Å². The molecule has 0 aliphatic carbocycles. The quantitative estimate of drug-likeness (QED) is 0.616. The largest absolute Gasteiger partial charge is 0.456 e. The summed E-state index contributed by atoms with van der Waals surface area (Å²) in [5.41, 5.74) is 0. The molecular formula is C9H16N2O3. The second-order valence-corrected chi connectivity index (χ2v) is 3.39. The van der Waals surface area contributed by atoms with E-state index in [0.29, 0.717) is 12.6 Å². The first-order valence-electron chi connectivity index (χ1n) is 4.72. The van der Waals surface area contributed by atoms with Gasteiger partial charge in [-0.15, -0.1) is 0 Å². The SMILES string of the molecule is CN[C@@H]1CCN(C(=O)COC(C)=O)C1. The molecule has 14 heavy (non-hydrogen) atoms. The summed E-state index contributed by atoms with van der Waals surface area (Å²) in [5.74, 6) is -0.527. The highest BCUT2D eigenvalue weighted by molar-refractivity contribution is 5.80. The molecule has 1 rings (SSSR count). The number of carbonyl (C=O) groups is 2. The van der Waals surface area contributed by atoms with Gasteiger partial charge in [0.05, 0.1) is 0 Å². The molecule has 1 atom stereocenters. The number of nitrogens with one attached hydrogen (secondary N) is 1. The minimum Gasteiger partial charge on any atom is -0.456 e. The Bertz CT molecular complexity index is 230.